The van der Waals surface area contributed by atoms with E-state index in [1.807, 2.05) is 30.3 Å². The number of ether oxygens (including phenoxy) is 1. The molecule has 1 aliphatic rings. The highest BCUT2D eigenvalue weighted by Gasteiger charge is 2.30. The third kappa shape index (κ3) is 7.22. The Hall–Kier alpha value is -2.68. The average Bonchev–Trinajstić information content (AvgIpc) is 2.97. The summed E-state index contributed by atoms with van der Waals surface area (Å²) in [7, 11) is -3.11. The molecule has 1 heterocycles. The van der Waals surface area contributed by atoms with Gasteiger partial charge in [-0.2, -0.15) is 0 Å². The van der Waals surface area contributed by atoms with Gasteiger partial charge in [0.2, 0.25) is 5.91 Å². The fourth-order valence-electron chi connectivity index (χ4n) is 2.47. The summed E-state index contributed by atoms with van der Waals surface area (Å²) in [6.07, 6.45) is 2.15. The topological polar surface area (TPSA) is 119 Å². The van der Waals surface area contributed by atoms with Crippen LogP contribution in [0.2, 0.25) is 0 Å². The highest BCUT2D eigenvalue weighted by atomic mass is 32.2. The molecule has 1 fully saturated rings. The van der Waals surface area contributed by atoms with Gasteiger partial charge in [-0.15, -0.1) is 0 Å². The number of sulfone groups is 1. The summed E-state index contributed by atoms with van der Waals surface area (Å²) in [5, 5.41) is 4.92. The number of esters is 1. The molecule has 1 aromatic carbocycles. The van der Waals surface area contributed by atoms with Gasteiger partial charge in [0, 0.05) is 12.1 Å². The summed E-state index contributed by atoms with van der Waals surface area (Å²) in [6, 6.07) is 8.72. The van der Waals surface area contributed by atoms with Crippen molar-refractivity contribution >= 4 is 33.7 Å². The molecule has 0 spiro atoms. The maximum atomic E-state index is 12.0. The van der Waals surface area contributed by atoms with Crippen LogP contribution in [0.15, 0.2) is 36.4 Å². The summed E-state index contributed by atoms with van der Waals surface area (Å²) in [5.41, 5.74) is 0.842. The number of nitrogens with one attached hydrogen (secondary N) is 2. The van der Waals surface area contributed by atoms with Crippen LogP contribution in [0.1, 0.15) is 18.9 Å². The quantitative estimate of drug-likeness (QED) is 0.498. The van der Waals surface area contributed by atoms with Gasteiger partial charge in [-0.1, -0.05) is 30.3 Å². The first-order valence-electron chi connectivity index (χ1n) is 8.46. The second-order valence-electron chi connectivity index (χ2n) is 6.20. The van der Waals surface area contributed by atoms with Gasteiger partial charge in [0.25, 0.3) is 5.91 Å². The van der Waals surface area contributed by atoms with E-state index in [4.69, 9.17) is 4.74 Å². The van der Waals surface area contributed by atoms with Gasteiger partial charge in [-0.05, 0) is 25.0 Å². The van der Waals surface area contributed by atoms with Gasteiger partial charge >= 0.3 is 5.97 Å². The highest BCUT2D eigenvalue weighted by Crippen LogP contribution is 2.11. The molecule has 1 saturated heterocycles. The van der Waals surface area contributed by atoms with Crippen LogP contribution in [-0.4, -0.2) is 56.4 Å². The minimum Gasteiger partial charge on any atom is -0.451 e. The molecule has 0 aliphatic carbocycles. The Morgan fingerprint density at radius 3 is 2.59 bits per heavy atom. The minimum atomic E-state index is -3.11. The zero-order valence-electron chi connectivity index (χ0n) is 14.9. The monoisotopic (exact) mass is 394 g/mol. The van der Waals surface area contributed by atoms with Gasteiger partial charge in [0.15, 0.2) is 15.9 Å². The van der Waals surface area contributed by atoms with Crippen molar-refractivity contribution in [2.75, 3.05) is 18.1 Å². The van der Waals surface area contributed by atoms with Crippen molar-refractivity contribution in [1.82, 2.24) is 10.6 Å². The largest absolute Gasteiger partial charge is 0.451 e. The summed E-state index contributed by atoms with van der Waals surface area (Å²) in [6.45, 7) is 1.00. The number of hydrogen-bond acceptors (Lipinski definition) is 6. The van der Waals surface area contributed by atoms with E-state index in [0.29, 0.717) is 6.42 Å². The minimum absolute atomic E-state index is 0.0364. The van der Waals surface area contributed by atoms with E-state index < -0.39 is 39.8 Å². The molecular weight excluding hydrogens is 372 g/mol. The van der Waals surface area contributed by atoms with Gasteiger partial charge in [0.1, 0.15) is 6.54 Å². The molecule has 1 aromatic rings. The first-order valence-corrected chi connectivity index (χ1v) is 10.3. The number of hydrogen-bond donors (Lipinski definition) is 2. The molecule has 8 nitrogen and oxygen atoms in total. The van der Waals surface area contributed by atoms with Gasteiger partial charge in [-0.25, -0.2) is 8.42 Å². The fraction of sp³-hybridized carbons (Fsp3) is 0.389. The van der Waals surface area contributed by atoms with E-state index in [-0.39, 0.29) is 18.1 Å². The van der Waals surface area contributed by atoms with Crippen LogP contribution in [0.25, 0.3) is 6.08 Å². The molecule has 0 aromatic heterocycles. The maximum Gasteiger partial charge on any atom is 0.326 e. The van der Waals surface area contributed by atoms with Crippen molar-refractivity contribution in [1.29, 1.82) is 0 Å². The molecule has 0 bridgehead atoms. The molecule has 0 radical (unpaired) electrons. The molecule has 2 rings (SSSR count). The Kier molecular flexibility index (Phi) is 7.12. The molecule has 1 aliphatic heterocycles. The average molecular weight is 394 g/mol. The van der Waals surface area contributed by atoms with Crippen molar-refractivity contribution in [2.24, 2.45) is 0 Å². The summed E-state index contributed by atoms with van der Waals surface area (Å²) < 4.78 is 27.7. The summed E-state index contributed by atoms with van der Waals surface area (Å²) in [4.78, 5) is 35.4. The van der Waals surface area contributed by atoms with Crippen LogP contribution in [0, 0.1) is 0 Å². The second kappa shape index (κ2) is 9.31. The Morgan fingerprint density at radius 2 is 1.96 bits per heavy atom. The Balaban J connectivity index is 1.70. The van der Waals surface area contributed by atoms with E-state index in [1.54, 1.807) is 6.08 Å². The van der Waals surface area contributed by atoms with Gasteiger partial charge in [-0.3, -0.25) is 14.4 Å². The molecule has 0 saturated carbocycles. The first kappa shape index (κ1) is 20.6. The number of amides is 2. The predicted octanol–water partition coefficient (Wildman–Crippen LogP) is 0.0510. The molecule has 2 amide bonds. The van der Waals surface area contributed by atoms with Crippen molar-refractivity contribution in [3.05, 3.63) is 42.0 Å². The van der Waals surface area contributed by atoms with E-state index in [9.17, 15) is 22.8 Å². The lowest BCUT2D eigenvalue weighted by Gasteiger charge is -2.16. The zero-order valence-corrected chi connectivity index (χ0v) is 15.7. The van der Waals surface area contributed by atoms with E-state index >= 15 is 0 Å². The number of rotatable bonds is 7. The van der Waals surface area contributed by atoms with Crippen molar-refractivity contribution in [3.63, 3.8) is 0 Å². The lowest BCUT2D eigenvalue weighted by Crippen LogP contribution is -2.43. The van der Waals surface area contributed by atoms with E-state index in [2.05, 4.69) is 10.6 Å². The molecule has 2 N–H and O–H groups in total. The fourth-order valence-corrected chi connectivity index (χ4v) is 4.15. The Labute approximate surface area is 157 Å². The SMILES string of the molecule is C[C@H](OC(=O)CNC(=O)/C=C/c1ccccc1)C(=O)N[C@@H]1CCS(=O)(=O)C1. The molecule has 0 unspecified atom stereocenters. The predicted molar refractivity (Wildman–Crippen MR) is 99.2 cm³/mol. The Bertz CT molecular complexity index is 820. The summed E-state index contributed by atoms with van der Waals surface area (Å²) >= 11 is 0. The van der Waals surface area contributed by atoms with Crippen LogP contribution in [0.3, 0.4) is 0 Å². The number of benzene rings is 1. The highest BCUT2D eigenvalue weighted by molar-refractivity contribution is 7.91. The van der Waals surface area contributed by atoms with Crippen LogP contribution < -0.4 is 10.6 Å². The number of carbonyl (C=O) groups is 3. The second-order valence-corrected chi connectivity index (χ2v) is 8.43. The number of carbonyl (C=O) groups excluding carboxylic acids is 3. The Morgan fingerprint density at radius 1 is 1.26 bits per heavy atom. The van der Waals surface area contributed by atoms with Gasteiger partial charge < -0.3 is 15.4 Å². The lowest BCUT2D eigenvalue weighted by atomic mass is 10.2. The third-order valence-electron chi connectivity index (χ3n) is 3.89. The standard InChI is InChI=1S/C18H22N2O6S/c1-13(18(23)20-15-9-10-27(24,25)12-15)26-17(22)11-19-16(21)8-7-14-5-3-2-4-6-14/h2-8,13,15H,9-12H2,1H3,(H,19,21)(H,20,23)/b8-7+/t13-,15+/m0/s1. The smallest absolute Gasteiger partial charge is 0.326 e. The molecular formula is C18H22N2O6S. The summed E-state index contributed by atoms with van der Waals surface area (Å²) in [5.74, 6) is -1.87. The van der Waals surface area contributed by atoms with Crippen molar-refractivity contribution in [3.8, 4) is 0 Å². The first-order chi connectivity index (χ1) is 12.7. The van der Waals surface area contributed by atoms with Gasteiger partial charge in [0.05, 0.1) is 11.5 Å². The van der Waals surface area contributed by atoms with Crippen LogP contribution in [-0.2, 0) is 29.0 Å². The van der Waals surface area contributed by atoms with Crippen LogP contribution in [0.4, 0.5) is 0 Å². The molecule has 27 heavy (non-hydrogen) atoms. The van der Waals surface area contributed by atoms with Crippen molar-refractivity contribution in [2.45, 2.75) is 25.5 Å². The third-order valence-corrected chi connectivity index (χ3v) is 5.66. The van der Waals surface area contributed by atoms with E-state index in [1.165, 1.54) is 13.0 Å². The normalized spacial score (nSPS) is 19.4. The molecule has 146 valence electrons. The maximum absolute atomic E-state index is 12.0. The van der Waals surface area contributed by atoms with Crippen molar-refractivity contribution < 1.29 is 27.5 Å². The van der Waals surface area contributed by atoms with E-state index in [0.717, 1.165) is 5.56 Å². The zero-order chi connectivity index (χ0) is 19.9. The lowest BCUT2D eigenvalue weighted by molar-refractivity contribution is -0.154. The molecule has 9 heteroatoms. The van der Waals surface area contributed by atoms with Crippen LogP contribution in [0.5, 0.6) is 0 Å². The van der Waals surface area contributed by atoms with Crippen LogP contribution >= 0.6 is 0 Å². The molecule has 2 atom stereocenters.